The fourth-order valence-electron chi connectivity index (χ4n) is 4.13. The quantitative estimate of drug-likeness (QED) is 0.850. The second kappa shape index (κ2) is 7.68. The van der Waals surface area contributed by atoms with E-state index in [2.05, 4.69) is 46.4 Å². The summed E-state index contributed by atoms with van der Waals surface area (Å²) in [5.74, 6) is 0.246. The second-order valence-corrected chi connectivity index (χ2v) is 7.42. The number of carbonyl (C=O) groups is 1. The molecule has 26 heavy (non-hydrogen) atoms. The Morgan fingerprint density at radius 1 is 1.23 bits per heavy atom. The Morgan fingerprint density at radius 2 is 2.15 bits per heavy atom. The molecule has 0 atom stereocenters. The van der Waals surface area contributed by atoms with Crippen LogP contribution in [0.2, 0.25) is 0 Å². The van der Waals surface area contributed by atoms with E-state index in [1.807, 2.05) is 6.20 Å². The van der Waals surface area contributed by atoms with Gasteiger partial charge in [0.2, 0.25) is 0 Å². The Labute approximate surface area is 155 Å². The molecule has 2 heterocycles. The zero-order valence-electron chi connectivity index (χ0n) is 15.6. The number of allylic oxidation sites excluding steroid dienone is 3. The van der Waals surface area contributed by atoms with Gasteiger partial charge in [0.25, 0.3) is 0 Å². The first-order valence-corrected chi connectivity index (χ1v) is 9.78. The zero-order chi connectivity index (χ0) is 17.9. The summed E-state index contributed by atoms with van der Waals surface area (Å²) in [5, 5.41) is 3.46. The molecule has 4 nitrogen and oxygen atoms in total. The van der Waals surface area contributed by atoms with Gasteiger partial charge in [-0.3, -0.25) is 14.7 Å². The number of carbonyl (C=O) groups excluding carboxylic acids is 1. The highest BCUT2D eigenvalue weighted by Gasteiger charge is 2.28. The standard InChI is InChI=1S/C22H27N3O/c1-2-19-11-16(14-24-19)12-20-21(26)13-17-5-3-6-18(22(17)20)15-25-9-4-7-23-8-10-25/h3,5-6,12,14,23H,2,4,7-11,13,15H2,1H3/b20-12+. The van der Waals surface area contributed by atoms with Crippen LogP contribution in [0.3, 0.4) is 0 Å². The second-order valence-electron chi connectivity index (χ2n) is 7.42. The molecule has 1 aromatic rings. The highest BCUT2D eigenvalue weighted by atomic mass is 16.1. The van der Waals surface area contributed by atoms with Crippen molar-refractivity contribution in [3.63, 3.8) is 0 Å². The minimum absolute atomic E-state index is 0.246. The highest BCUT2D eigenvalue weighted by Crippen LogP contribution is 2.35. The smallest absolute Gasteiger partial charge is 0.167 e. The van der Waals surface area contributed by atoms with Crippen molar-refractivity contribution in [2.45, 2.75) is 39.2 Å². The number of aliphatic imine (C=N–C) groups is 1. The molecule has 1 aromatic carbocycles. The molecule has 4 heteroatoms. The molecular formula is C22H27N3O. The average Bonchev–Trinajstić information content (AvgIpc) is 3.12. The van der Waals surface area contributed by atoms with E-state index >= 15 is 0 Å². The summed E-state index contributed by atoms with van der Waals surface area (Å²) in [5.41, 5.74) is 6.90. The van der Waals surface area contributed by atoms with Gasteiger partial charge < -0.3 is 5.32 Å². The Hall–Kier alpha value is -2.04. The predicted molar refractivity (Wildman–Crippen MR) is 106 cm³/mol. The van der Waals surface area contributed by atoms with Gasteiger partial charge in [-0.25, -0.2) is 0 Å². The topological polar surface area (TPSA) is 44.7 Å². The summed E-state index contributed by atoms with van der Waals surface area (Å²) < 4.78 is 0. The number of ketones is 1. The fraction of sp³-hybridized carbons (Fsp3) is 0.455. The van der Waals surface area contributed by atoms with E-state index < -0.39 is 0 Å². The fourth-order valence-corrected chi connectivity index (χ4v) is 4.13. The molecule has 3 aliphatic rings. The maximum Gasteiger partial charge on any atom is 0.167 e. The Balaban J connectivity index is 1.62. The molecule has 1 aliphatic carbocycles. The van der Waals surface area contributed by atoms with Crippen molar-refractivity contribution in [3.8, 4) is 0 Å². The van der Waals surface area contributed by atoms with Gasteiger partial charge >= 0.3 is 0 Å². The molecule has 0 bridgehead atoms. The van der Waals surface area contributed by atoms with Gasteiger partial charge in [-0.1, -0.05) is 25.1 Å². The van der Waals surface area contributed by atoms with E-state index in [1.165, 1.54) is 28.8 Å². The van der Waals surface area contributed by atoms with E-state index in [0.29, 0.717) is 6.42 Å². The van der Waals surface area contributed by atoms with Crippen molar-refractivity contribution in [3.05, 3.63) is 52.7 Å². The van der Waals surface area contributed by atoms with Crippen molar-refractivity contribution >= 4 is 17.1 Å². The summed E-state index contributed by atoms with van der Waals surface area (Å²) in [6, 6.07) is 6.41. The number of nitrogens with zero attached hydrogens (tertiary/aromatic N) is 2. The maximum absolute atomic E-state index is 12.7. The van der Waals surface area contributed by atoms with Crippen molar-refractivity contribution in [1.29, 1.82) is 0 Å². The molecule has 0 radical (unpaired) electrons. The molecule has 0 spiro atoms. The lowest BCUT2D eigenvalue weighted by Gasteiger charge is -2.21. The third-order valence-corrected chi connectivity index (χ3v) is 5.54. The van der Waals surface area contributed by atoms with Crippen molar-refractivity contribution in [2.24, 2.45) is 4.99 Å². The van der Waals surface area contributed by atoms with Crippen LogP contribution in [0.15, 0.2) is 41.0 Å². The molecule has 4 rings (SSSR count). The number of fused-ring (bicyclic) bond motifs is 1. The van der Waals surface area contributed by atoms with Crippen LogP contribution in [0.25, 0.3) is 5.57 Å². The Bertz CT molecular complexity index is 796. The number of Topliss-reactive ketones (excluding diaryl/α,β-unsaturated/α-hetero) is 1. The average molecular weight is 349 g/mol. The van der Waals surface area contributed by atoms with Crippen molar-refractivity contribution < 1.29 is 4.79 Å². The van der Waals surface area contributed by atoms with Crippen molar-refractivity contribution in [1.82, 2.24) is 10.2 Å². The zero-order valence-corrected chi connectivity index (χ0v) is 15.6. The monoisotopic (exact) mass is 349 g/mol. The third kappa shape index (κ3) is 3.57. The SMILES string of the molecule is CCC1=NC=C(/C=C2\C(=O)Cc3cccc(CN4CCCNCC4)c32)C1. The highest BCUT2D eigenvalue weighted by molar-refractivity contribution is 6.26. The first kappa shape index (κ1) is 17.4. The number of hydrogen-bond acceptors (Lipinski definition) is 4. The van der Waals surface area contributed by atoms with Crippen LogP contribution in [-0.4, -0.2) is 42.6 Å². The predicted octanol–water partition coefficient (Wildman–Crippen LogP) is 3.13. The minimum Gasteiger partial charge on any atom is -0.315 e. The van der Waals surface area contributed by atoms with Gasteiger partial charge in [-0.05, 0) is 54.3 Å². The minimum atomic E-state index is 0.246. The Morgan fingerprint density at radius 3 is 3.00 bits per heavy atom. The number of benzene rings is 1. The lowest BCUT2D eigenvalue weighted by Crippen LogP contribution is -2.28. The first-order valence-electron chi connectivity index (χ1n) is 9.78. The molecule has 2 aliphatic heterocycles. The van der Waals surface area contributed by atoms with E-state index in [4.69, 9.17) is 0 Å². The van der Waals surface area contributed by atoms with Crippen LogP contribution in [0, 0.1) is 0 Å². The van der Waals surface area contributed by atoms with Gasteiger partial charge in [-0.15, -0.1) is 0 Å². The summed E-state index contributed by atoms with van der Waals surface area (Å²) >= 11 is 0. The molecule has 1 fully saturated rings. The lowest BCUT2D eigenvalue weighted by molar-refractivity contribution is -0.112. The van der Waals surface area contributed by atoms with Gasteiger partial charge in [-0.2, -0.15) is 0 Å². The van der Waals surface area contributed by atoms with Crippen LogP contribution in [0.1, 0.15) is 42.9 Å². The number of nitrogens with one attached hydrogen (secondary N) is 1. The number of rotatable bonds is 4. The molecule has 0 unspecified atom stereocenters. The van der Waals surface area contributed by atoms with Gasteiger partial charge in [0.05, 0.1) is 0 Å². The molecule has 0 amide bonds. The molecule has 1 N–H and O–H groups in total. The van der Waals surface area contributed by atoms with Crippen LogP contribution >= 0.6 is 0 Å². The normalized spacial score (nSPS) is 22.3. The molecule has 136 valence electrons. The van der Waals surface area contributed by atoms with E-state index in [0.717, 1.165) is 56.7 Å². The molecule has 1 saturated heterocycles. The van der Waals surface area contributed by atoms with E-state index in [9.17, 15) is 4.79 Å². The largest absolute Gasteiger partial charge is 0.315 e. The van der Waals surface area contributed by atoms with Crippen LogP contribution < -0.4 is 5.32 Å². The summed E-state index contributed by atoms with van der Waals surface area (Å²) in [6.45, 7) is 7.37. The molecule has 0 saturated carbocycles. The Kier molecular flexibility index (Phi) is 5.14. The van der Waals surface area contributed by atoms with Gasteiger partial charge in [0.15, 0.2) is 5.78 Å². The summed E-state index contributed by atoms with van der Waals surface area (Å²) in [4.78, 5) is 19.7. The van der Waals surface area contributed by atoms with Gasteiger partial charge in [0.1, 0.15) is 0 Å². The van der Waals surface area contributed by atoms with Crippen LogP contribution in [0.5, 0.6) is 0 Å². The molecular weight excluding hydrogens is 322 g/mol. The summed E-state index contributed by atoms with van der Waals surface area (Å²) in [6.07, 6.45) is 7.59. The summed E-state index contributed by atoms with van der Waals surface area (Å²) in [7, 11) is 0. The van der Waals surface area contributed by atoms with E-state index in [-0.39, 0.29) is 5.78 Å². The van der Waals surface area contributed by atoms with Gasteiger partial charge in [0, 0.05) is 50.0 Å². The lowest BCUT2D eigenvalue weighted by atomic mass is 9.97. The van der Waals surface area contributed by atoms with Crippen molar-refractivity contribution in [2.75, 3.05) is 26.2 Å². The van der Waals surface area contributed by atoms with E-state index in [1.54, 1.807) is 0 Å². The first-order chi connectivity index (χ1) is 12.7. The number of hydrogen-bond donors (Lipinski definition) is 1. The maximum atomic E-state index is 12.7. The van der Waals surface area contributed by atoms with Crippen LogP contribution in [-0.2, 0) is 17.8 Å². The van der Waals surface area contributed by atoms with Crippen LogP contribution in [0.4, 0.5) is 0 Å². The molecule has 0 aromatic heterocycles. The third-order valence-electron chi connectivity index (χ3n) is 5.54.